The highest BCUT2D eigenvalue weighted by Gasteiger charge is 2.16. The van der Waals surface area contributed by atoms with Crippen molar-refractivity contribution in [3.63, 3.8) is 0 Å². The van der Waals surface area contributed by atoms with E-state index in [1.54, 1.807) is 18.2 Å². The van der Waals surface area contributed by atoms with Crippen LogP contribution in [-0.2, 0) is 0 Å². The van der Waals surface area contributed by atoms with Gasteiger partial charge in [-0.3, -0.25) is 14.2 Å². The Morgan fingerprint density at radius 1 is 1.08 bits per heavy atom. The second-order valence-electron chi connectivity index (χ2n) is 5.80. The molecule has 0 bridgehead atoms. The number of ether oxygens (including phenoxy) is 1. The lowest BCUT2D eigenvalue weighted by Gasteiger charge is -2.09. The molecule has 24 heavy (non-hydrogen) atoms. The maximum Gasteiger partial charge on any atom is 0.269 e. The first-order valence-corrected chi connectivity index (χ1v) is 7.60. The first kappa shape index (κ1) is 15.8. The molecule has 0 aliphatic heterocycles. The van der Waals surface area contributed by atoms with Crippen LogP contribution in [0.2, 0.25) is 0 Å². The highest BCUT2D eigenvalue weighted by atomic mass is 16.5. The number of nitrogens with zero attached hydrogens (tertiary/aromatic N) is 1. The lowest BCUT2D eigenvalue weighted by molar-refractivity contribution is 0.0843. The second kappa shape index (κ2) is 6.20. The number of aromatic nitrogens is 1. The van der Waals surface area contributed by atoms with Crippen LogP contribution < -0.4 is 10.5 Å². The Kier molecular flexibility index (Phi) is 4.08. The number of hydrogen-bond acceptors (Lipinski definition) is 3. The number of carbonyl (C=O) groups is 2. The first-order chi connectivity index (χ1) is 11.5. The molecule has 3 rings (SSSR count). The van der Waals surface area contributed by atoms with E-state index in [2.05, 4.69) is 0 Å². The van der Waals surface area contributed by atoms with Crippen molar-refractivity contribution < 1.29 is 14.3 Å². The Labute approximate surface area is 139 Å². The molecule has 5 nitrogen and oxygen atoms in total. The van der Waals surface area contributed by atoms with Crippen LogP contribution in [0.5, 0.6) is 5.75 Å². The number of rotatable bonds is 4. The zero-order valence-corrected chi connectivity index (χ0v) is 13.6. The summed E-state index contributed by atoms with van der Waals surface area (Å²) in [6, 6.07) is 12.9. The van der Waals surface area contributed by atoms with E-state index in [0.29, 0.717) is 22.2 Å². The van der Waals surface area contributed by atoms with Gasteiger partial charge in [0.1, 0.15) is 5.75 Å². The molecular weight excluding hydrogens is 304 g/mol. The zero-order valence-electron chi connectivity index (χ0n) is 13.6. The fourth-order valence-electron chi connectivity index (χ4n) is 2.81. The molecule has 1 aromatic heterocycles. The zero-order chi connectivity index (χ0) is 17.3. The van der Waals surface area contributed by atoms with Gasteiger partial charge >= 0.3 is 0 Å². The summed E-state index contributed by atoms with van der Waals surface area (Å²) in [6.45, 7) is 3.82. The molecule has 0 atom stereocenters. The summed E-state index contributed by atoms with van der Waals surface area (Å²) < 4.78 is 7.03. The average molecular weight is 322 g/mol. The van der Waals surface area contributed by atoms with Crippen molar-refractivity contribution in [3.8, 4) is 5.75 Å². The molecule has 2 aromatic carbocycles. The van der Waals surface area contributed by atoms with Gasteiger partial charge in [0, 0.05) is 11.6 Å². The monoisotopic (exact) mass is 322 g/mol. The third-order valence-electron chi connectivity index (χ3n) is 3.80. The van der Waals surface area contributed by atoms with Gasteiger partial charge in [-0.15, -0.1) is 0 Å². The van der Waals surface area contributed by atoms with E-state index in [9.17, 15) is 9.59 Å². The predicted octanol–water partition coefficient (Wildman–Crippen LogP) is 3.08. The van der Waals surface area contributed by atoms with Gasteiger partial charge in [-0.25, -0.2) is 0 Å². The minimum Gasteiger partial charge on any atom is -0.484 e. The molecular formula is C19H18N2O3. The Bertz CT molecular complexity index is 921. The maximum absolute atomic E-state index is 12.5. The summed E-state index contributed by atoms with van der Waals surface area (Å²) in [7, 11) is 0. The number of fused-ring (bicyclic) bond motifs is 1. The van der Waals surface area contributed by atoms with Crippen molar-refractivity contribution >= 4 is 22.7 Å². The van der Waals surface area contributed by atoms with Crippen molar-refractivity contribution in [1.82, 2.24) is 4.57 Å². The number of hydrogen-bond donors (Lipinski definition) is 1. The minimum absolute atomic E-state index is 0.125. The Hall–Kier alpha value is -3.08. The topological polar surface area (TPSA) is 74.3 Å². The molecule has 0 radical (unpaired) electrons. The SMILES string of the molecule is Cc1cc(C)cc(OCC(=O)n2cc(C(N)=O)c3ccccc32)c1. The molecule has 0 aliphatic carbocycles. The molecule has 122 valence electrons. The molecule has 1 amide bonds. The molecule has 0 fully saturated rings. The minimum atomic E-state index is -0.562. The van der Waals surface area contributed by atoms with Gasteiger partial charge in [-0.1, -0.05) is 24.3 Å². The number of para-hydroxylation sites is 1. The molecule has 0 saturated heterocycles. The van der Waals surface area contributed by atoms with E-state index in [-0.39, 0.29) is 12.5 Å². The Balaban J connectivity index is 1.88. The molecule has 0 saturated carbocycles. The molecule has 5 heteroatoms. The molecule has 0 unspecified atom stereocenters. The van der Waals surface area contributed by atoms with Crippen LogP contribution in [0.25, 0.3) is 10.9 Å². The normalized spacial score (nSPS) is 10.8. The second-order valence-corrected chi connectivity index (χ2v) is 5.80. The quantitative estimate of drug-likeness (QED) is 0.802. The summed E-state index contributed by atoms with van der Waals surface area (Å²) in [4.78, 5) is 24.1. The third-order valence-corrected chi connectivity index (χ3v) is 3.80. The van der Waals surface area contributed by atoms with Crippen LogP contribution >= 0.6 is 0 Å². The summed E-state index contributed by atoms with van der Waals surface area (Å²) >= 11 is 0. The van der Waals surface area contributed by atoms with Gasteiger partial charge < -0.3 is 10.5 Å². The summed E-state index contributed by atoms with van der Waals surface area (Å²) in [6.07, 6.45) is 1.47. The van der Waals surface area contributed by atoms with Gasteiger partial charge in [0.15, 0.2) is 6.61 Å². The van der Waals surface area contributed by atoms with E-state index >= 15 is 0 Å². The number of aryl methyl sites for hydroxylation is 2. The van der Waals surface area contributed by atoms with Gasteiger partial charge in [-0.2, -0.15) is 0 Å². The highest BCUT2D eigenvalue weighted by molar-refractivity contribution is 6.08. The Morgan fingerprint density at radius 3 is 2.42 bits per heavy atom. The molecule has 0 spiro atoms. The molecule has 0 aliphatic rings. The van der Waals surface area contributed by atoms with Crippen molar-refractivity contribution in [2.45, 2.75) is 13.8 Å². The fourth-order valence-corrected chi connectivity index (χ4v) is 2.81. The van der Waals surface area contributed by atoms with Gasteiger partial charge in [0.2, 0.25) is 0 Å². The van der Waals surface area contributed by atoms with Crippen molar-refractivity contribution in [3.05, 3.63) is 65.4 Å². The number of amides is 1. The smallest absolute Gasteiger partial charge is 0.269 e. The van der Waals surface area contributed by atoms with E-state index < -0.39 is 5.91 Å². The summed E-state index contributed by atoms with van der Waals surface area (Å²) in [5.41, 5.74) is 8.50. The Morgan fingerprint density at radius 2 is 1.75 bits per heavy atom. The van der Waals surface area contributed by atoms with E-state index in [0.717, 1.165) is 11.1 Å². The van der Waals surface area contributed by atoms with Gasteiger partial charge in [0.25, 0.3) is 11.8 Å². The van der Waals surface area contributed by atoms with Crippen LogP contribution in [0.15, 0.2) is 48.7 Å². The van der Waals surface area contributed by atoms with Crippen LogP contribution in [0.1, 0.15) is 26.3 Å². The van der Waals surface area contributed by atoms with E-state index in [1.807, 2.05) is 38.1 Å². The van der Waals surface area contributed by atoms with Gasteiger partial charge in [0.05, 0.1) is 11.1 Å². The number of carbonyl (C=O) groups excluding carboxylic acids is 2. The van der Waals surface area contributed by atoms with Gasteiger partial charge in [-0.05, 0) is 43.2 Å². The molecule has 1 heterocycles. The standard InChI is InChI=1S/C19H18N2O3/c1-12-7-13(2)9-14(8-12)24-11-18(22)21-10-16(19(20)23)15-5-3-4-6-17(15)21/h3-10H,11H2,1-2H3,(H2,20,23). The van der Waals surface area contributed by atoms with E-state index in [1.165, 1.54) is 10.8 Å². The van der Waals surface area contributed by atoms with Crippen LogP contribution in [-0.4, -0.2) is 23.0 Å². The number of primary amides is 1. The number of benzene rings is 2. The van der Waals surface area contributed by atoms with Crippen molar-refractivity contribution in [2.75, 3.05) is 6.61 Å². The molecule has 2 N–H and O–H groups in total. The van der Waals surface area contributed by atoms with E-state index in [4.69, 9.17) is 10.5 Å². The lowest BCUT2D eigenvalue weighted by atomic mass is 10.1. The first-order valence-electron chi connectivity index (χ1n) is 7.60. The van der Waals surface area contributed by atoms with Crippen LogP contribution in [0, 0.1) is 13.8 Å². The summed E-state index contributed by atoms with van der Waals surface area (Å²) in [5, 5.41) is 0.657. The highest BCUT2D eigenvalue weighted by Crippen LogP contribution is 2.21. The van der Waals surface area contributed by atoms with Crippen molar-refractivity contribution in [2.24, 2.45) is 5.73 Å². The largest absolute Gasteiger partial charge is 0.484 e. The van der Waals surface area contributed by atoms with Crippen LogP contribution in [0.3, 0.4) is 0 Å². The molecule has 3 aromatic rings. The lowest BCUT2D eigenvalue weighted by Crippen LogP contribution is -2.19. The number of nitrogens with two attached hydrogens (primary N) is 1. The van der Waals surface area contributed by atoms with Crippen LogP contribution in [0.4, 0.5) is 0 Å². The average Bonchev–Trinajstić information content (AvgIpc) is 2.92. The summed E-state index contributed by atoms with van der Waals surface area (Å²) in [5.74, 6) is -0.182. The fraction of sp³-hybridized carbons (Fsp3) is 0.158. The predicted molar refractivity (Wildman–Crippen MR) is 92.5 cm³/mol. The van der Waals surface area contributed by atoms with Crippen molar-refractivity contribution in [1.29, 1.82) is 0 Å². The maximum atomic E-state index is 12.5. The third kappa shape index (κ3) is 3.01.